The van der Waals surface area contributed by atoms with Crippen molar-refractivity contribution in [2.45, 2.75) is 38.5 Å². The second-order valence-electron chi connectivity index (χ2n) is 8.76. The standard InChI is InChI=1S/C28H31N3O3S/c1-28(2,26(35)31(3)23-17-11-6-12-18-23)30-25(32)24(19-21-13-7-4-8-14-21)29-27(33)34-20-22-15-9-5-10-16-22/h4-18,24H,19-20H2,1-3H3,(H,29,33)(H,30,32)/t24-/m0/s1. The van der Waals surface area contributed by atoms with Gasteiger partial charge in [-0.05, 0) is 37.1 Å². The first-order valence-corrected chi connectivity index (χ1v) is 11.8. The van der Waals surface area contributed by atoms with E-state index in [9.17, 15) is 9.59 Å². The van der Waals surface area contributed by atoms with Crippen molar-refractivity contribution in [3.05, 3.63) is 102 Å². The van der Waals surface area contributed by atoms with E-state index in [4.69, 9.17) is 17.0 Å². The third-order valence-electron chi connectivity index (χ3n) is 5.52. The Hall–Kier alpha value is -3.71. The highest BCUT2D eigenvalue weighted by Crippen LogP contribution is 2.18. The summed E-state index contributed by atoms with van der Waals surface area (Å²) < 4.78 is 5.36. The third kappa shape index (κ3) is 7.65. The molecule has 0 radical (unpaired) electrons. The number of amides is 2. The molecule has 0 fully saturated rings. The summed E-state index contributed by atoms with van der Waals surface area (Å²) in [5.74, 6) is -0.348. The lowest BCUT2D eigenvalue weighted by atomic mass is 10.0. The molecule has 0 bridgehead atoms. The van der Waals surface area contributed by atoms with Crippen LogP contribution in [0.2, 0.25) is 0 Å². The zero-order valence-corrected chi connectivity index (χ0v) is 21.0. The second-order valence-corrected chi connectivity index (χ2v) is 9.15. The number of rotatable bonds is 9. The fourth-order valence-corrected chi connectivity index (χ4v) is 3.76. The normalized spacial score (nSPS) is 11.7. The highest BCUT2D eigenvalue weighted by atomic mass is 32.1. The molecule has 0 heterocycles. The topological polar surface area (TPSA) is 70.7 Å². The van der Waals surface area contributed by atoms with Crippen LogP contribution in [-0.4, -0.2) is 35.6 Å². The maximum Gasteiger partial charge on any atom is 0.408 e. The van der Waals surface area contributed by atoms with Crippen molar-refractivity contribution >= 4 is 34.9 Å². The Labute approximate surface area is 212 Å². The number of carbonyl (C=O) groups is 2. The summed E-state index contributed by atoms with van der Waals surface area (Å²) in [4.78, 5) is 28.4. The number of nitrogens with zero attached hydrogens (tertiary/aromatic N) is 1. The Morgan fingerprint density at radius 2 is 1.40 bits per heavy atom. The van der Waals surface area contributed by atoms with Gasteiger partial charge in [0.2, 0.25) is 5.91 Å². The molecule has 0 aromatic heterocycles. The molecule has 3 rings (SSSR count). The van der Waals surface area contributed by atoms with E-state index in [0.29, 0.717) is 11.4 Å². The molecule has 0 aliphatic heterocycles. The number of hydrogen-bond donors (Lipinski definition) is 2. The number of likely N-dealkylation sites (N-methyl/N-ethyl adjacent to an activating group) is 1. The summed E-state index contributed by atoms with van der Waals surface area (Å²) >= 11 is 5.71. The van der Waals surface area contributed by atoms with Crippen LogP contribution in [0.4, 0.5) is 10.5 Å². The van der Waals surface area contributed by atoms with Crippen molar-refractivity contribution in [1.29, 1.82) is 0 Å². The Kier molecular flexibility index (Phi) is 8.98. The minimum Gasteiger partial charge on any atom is -0.445 e. The molecule has 0 saturated carbocycles. The molecular formula is C28H31N3O3S. The lowest BCUT2D eigenvalue weighted by Gasteiger charge is -2.34. The molecule has 6 nitrogen and oxygen atoms in total. The van der Waals surface area contributed by atoms with E-state index >= 15 is 0 Å². The van der Waals surface area contributed by atoms with Crippen molar-refractivity contribution in [1.82, 2.24) is 10.6 Å². The highest BCUT2D eigenvalue weighted by molar-refractivity contribution is 7.80. The van der Waals surface area contributed by atoms with Crippen LogP contribution in [0.5, 0.6) is 0 Å². The van der Waals surface area contributed by atoms with Crippen LogP contribution in [-0.2, 0) is 22.6 Å². The number of ether oxygens (including phenoxy) is 1. The van der Waals surface area contributed by atoms with Crippen LogP contribution in [0.15, 0.2) is 91.0 Å². The molecule has 0 aliphatic rings. The smallest absolute Gasteiger partial charge is 0.408 e. The number of hydrogen-bond acceptors (Lipinski definition) is 4. The van der Waals surface area contributed by atoms with E-state index in [2.05, 4.69) is 10.6 Å². The van der Waals surface area contributed by atoms with Gasteiger partial charge >= 0.3 is 6.09 Å². The van der Waals surface area contributed by atoms with E-state index in [1.165, 1.54) is 0 Å². The lowest BCUT2D eigenvalue weighted by molar-refractivity contribution is -0.124. The van der Waals surface area contributed by atoms with Gasteiger partial charge in [-0.1, -0.05) is 91.1 Å². The molecule has 182 valence electrons. The molecule has 0 saturated heterocycles. The summed E-state index contributed by atoms with van der Waals surface area (Å²) in [6, 6.07) is 27.8. The largest absolute Gasteiger partial charge is 0.445 e. The molecule has 3 aromatic carbocycles. The number of benzene rings is 3. The first-order valence-electron chi connectivity index (χ1n) is 11.4. The van der Waals surface area contributed by atoms with Gasteiger partial charge in [0.1, 0.15) is 17.6 Å². The van der Waals surface area contributed by atoms with Gasteiger partial charge in [-0.15, -0.1) is 0 Å². The predicted molar refractivity (Wildman–Crippen MR) is 143 cm³/mol. The molecule has 2 N–H and O–H groups in total. The summed E-state index contributed by atoms with van der Waals surface area (Å²) in [6.45, 7) is 3.81. The van der Waals surface area contributed by atoms with Gasteiger partial charge in [0.05, 0.1) is 5.54 Å². The molecule has 0 aliphatic carbocycles. The van der Waals surface area contributed by atoms with Crippen LogP contribution >= 0.6 is 12.2 Å². The molecule has 7 heteroatoms. The van der Waals surface area contributed by atoms with Crippen LogP contribution in [0, 0.1) is 0 Å². The van der Waals surface area contributed by atoms with Gasteiger partial charge in [-0.3, -0.25) is 4.79 Å². The minimum atomic E-state index is -0.846. The van der Waals surface area contributed by atoms with Gasteiger partial charge in [-0.2, -0.15) is 0 Å². The van der Waals surface area contributed by atoms with Crippen molar-refractivity contribution < 1.29 is 14.3 Å². The van der Waals surface area contributed by atoms with Gasteiger partial charge in [0.25, 0.3) is 0 Å². The zero-order chi connectivity index (χ0) is 25.3. The average molecular weight is 490 g/mol. The zero-order valence-electron chi connectivity index (χ0n) is 20.2. The van der Waals surface area contributed by atoms with Crippen LogP contribution < -0.4 is 15.5 Å². The Morgan fingerprint density at radius 3 is 1.97 bits per heavy atom. The molecule has 35 heavy (non-hydrogen) atoms. The summed E-state index contributed by atoms with van der Waals surface area (Å²) in [7, 11) is 1.87. The summed E-state index contributed by atoms with van der Waals surface area (Å²) in [5, 5.41) is 5.74. The highest BCUT2D eigenvalue weighted by Gasteiger charge is 2.32. The molecule has 0 unspecified atom stereocenters. The Morgan fingerprint density at radius 1 is 0.886 bits per heavy atom. The van der Waals surface area contributed by atoms with Crippen molar-refractivity contribution in [3.63, 3.8) is 0 Å². The second kappa shape index (κ2) is 12.1. The van der Waals surface area contributed by atoms with Gasteiger partial charge < -0.3 is 20.3 Å². The maximum atomic E-state index is 13.4. The first-order chi connectivity index (χ1) is 16.8. The SMILES string of the molecule is CN(C(=S)C(C)(C)NC(=O)[C@H](Cc1ccccc1)NC(=O)OCc1ccccc1)c1ccccc1. The molecule has 2 amide bonds. The number of nitrogens with one attached hydrogen (secondary N) is 2. The van der Waals surface area contributed by atoms with E-state index in [1.54, 1.807) is 0 Å². The number of para-hydroxylation sites is 1. The molecule has 3 aromatic rings. The fraction of sp³-hybridized carbons (Fsp3) is 0.250. The monoisotopic (exact) mass is 489 g/mol. The van der Waals surface area contributed by atoms with E-state index in [0.717, 1.165) is 16.8 Å². The summed E-state index contributed by atoms with van der Waals surface area (Å²) in [6.07, 6.45) is -0.350. The van der Waals surface area contributed by atoms with Crippen LogP contribution in [0.1, 0.15) is 25.0 Å². The van der Waals surface area contributed by atoms with Crippen molar-refractivity contribution in [2.24, 2.45) is 0 Å². The number of carbonyl (C=O) groups excluding carboxylic acids is 2. The predicted octanol–water partition coefficient (Wildman–Crippen LogP) is 4.88. The minimum absolute atomic E-state index is 0.115. The van der Waals surface area contributed by atoms with E-state index in [-0.39, 0.29) is 12.5 Å². The first kappa shape index (κ1) is 25.9. The van der Waals surface area contributed by atoms with Gasteiger partial charge in [0, 0.05) is 19.2 Å². The molecular weight excluding hydrogens is 458 g/mol. The Bertz CT molecular complexity index is 1120. The van der Waals surface area contributed by atoms with Crippen LogP contribution in [0.25, 0.3) is 0 Å². The fourth-order valence-electron chi connectivity index (χ4n) is 3.60. The maximum absolute atomic E-state index is 13.4. The molecule has 1 atom stereocenters. The van der Waals surface area contributed by atoms with Crippen molar-refractivity contribution in [3.8, 4) is 0 Å². The summed E-state index contributed by atoms with van der Waals surface area (Å²) in [5.41, 5.74) is 1.85. The number of alkyl carbamates (subject to hydrolysis) is 1. The van der Waals surface area contributed by atoms with Crippen LogP contribution in [0.3, 0.4) is 0 Å². The average Bonchev–Trinajstić information content (AvgIpc) is 2.87. The quantitative estimate of drug-likeness (QED) is 0.419. The Balaban J connectivity index is 1.70. The number of anilines is 1. The lowest BCUT2D eigenvalue weighted by Crippen LogP contribution is -2.59. The molecule has 0 spiro atoms. The van der Waals surface area contributed by atoms with Gasteiger partial charge in [-0.25, -0.2) is 4.79 Å². The third-order valence-corrected chi connectivity index (χ3v) is 6.31. The van der Waals surface area contributed by atoms with E-state index < -0.39 is 17.7 Å². The number of thiocarbonyl (C=S) groups is 1. The van der Waals surface area contributed by atoms with Gasteiger partial charge in [0.15, 0.2) is 0 Å². The van der Waals surface area contributed by atoms with Crippen molar-refractivity contribution in [2.75, 3.05) is 11.9 Å². The van der Waals surface area contributed by atoms with E-state index in [1.807, 2.05) is 117 Å².